The van der Waals surface area contributed by atoms with Crippen molar-refractivity contribution in [2.75, 3.05) is 26.2 Å². The molecule has 19 heavy (non-hydrogen) atoms. The van der Waals surface area contributed by atoms with Crippen molar-refractivity contribution in [1.82, 2.24) is 10.2 Å². The topological polar surface area (TPSA) is 41.6 Å². The number of esters is 1. The van der Waals surface area contributed by atoms with Gasteiger partial charge in [-0.15, -0.1) is 0 Å². The van der Waals surface area contributed by atoms with E-state index in [1.54, 1.807) is 0 Å². The predicted molar refractivity (Wildman–Crippen MR) is 78.2 cm³/mol. The van der Waals surface area contributed by atoms with Crippen LogP contribution in [0.5, 0.6) is 0 Å². The normalized spacial score (nSPS) is 20.7. The first-order chi connectivity index (χ1) is 9.17. The number of unbranched alkanes of at least 4 members (excludes halogenated alkanes) is 1. The zero-order valence-electron chi connectivity index (χ0n) is 12.8. The van der Waals surface area contributed by atoms with Gasteiger partial charge < -0.3 is 10.1 Å². The number of nitrogens with zero attached hydrogens (tertiary/aromatic N) is 1. The minimum Gasteiger partial charge on any atom is -0.466 e. The molecular weight excluding hydrogens is 240 g/mol. The maximum Gasteiger partial charge on any atom is 0.307 e. The monoisotopic (exact) mass is 270 g/mol. The number of hydrogen-bond donors (Lipinski definition) is 1. The summed E-state index contributed by atoms with van der Waals surface area (Å²) < 4.78 is 5.06. The van der Waals surface area contributed by atoms with Gasteiger partial charge in [-0.2, -0.15) is 0 Å². The number of nitrogens with one attached hydrogen (secondary N) is 1. The lowest BCUT2D eigenvalue weighted by Crippen LogP contribution is -2.43. The molecule has 2 unspecified atom stereocenters. The van der Waals surface area contributed by atoms with Crippen LogP contribution in [0.4, 0.5) is 0 Å². The summed E-state index contributed by atoms with van der Waals surface area (Å²) in [6, 6.07) is 0.870. The second kappa shape index (κ2) is 9.32. The van der Waals surface area contributed by atoms with Crippen molar-refractivity contribution in [3.63, 3.8) is 0 Å². The number of carbonyl (C=O) groups excluding carboxylic acids is 1. The number of carbonyl (C=O) groups is 1. The van der Waals surface area contributed by atoms with Crippen LogP contribution < -0.4 is 5.32 Å². The zero-order valence-corrected chi connectivity index (χ0v) is 12.8. The van der Waals surface area contributed by atoms with Crippen LogP contribution in [0.2, 0.25) is 0 Å². The number of hydrogen-bond acceptors (Lipinski definition) is 4. The lowest BCUT2D eigenvalue weighted by Gasteiger charge is -2.31. The molecule has 1 N–H and O–H groups in total. The van der Waals surface area contributed by atoms with E-state index in [4.69, 9.17) is 4.74 Å². The SMILES string of the molecule is CCCCN(CC1CCCN1)C(C)CC(=O)OCC. The van der Waals surface area contributed by atoms with E-state index in [2.05, 4.69) is 24.1 Å². The van der Waals surface area contributed by atoms with E-state index in [-0.39, 0.29) is 12.0 Å². The van der Waals surface area contributed by atoms with Gasteiger partial charge in [0.1, 0.15) is 0 Å². The molecule has 0 radical (unpaired) electrons. The Morgan fingerprint density at radius 3 is 2.84 bits per heavy atom. The molecule has 4 nitrogen and oxygen atoms in total. The zero-order chi connectivity index (χ0) is 14.1. The van der Waals surface area contributed by atoms with E-state index in [0.717, 1.165) is 19.6 Å². The van der Waals surface area contributed by atoms with Crippen LogP contribution in [-0.2, 0) is 9.53 Å². The molecule has 4 heteroatoms. The van der Waals surface area contributed by atoms with Crippen LogP contribution in [0.15, 0.2) is 0 Å². The van der Waals surface area contributed by atoms with Crippen molar-refractivity contribution in [2.24, 2.45) is 0 Å². The van der Waals surface area contributed by atoms with Crippen LogP contribution in [0, 0.1) is 0 Å². The van der Waals surface area contributed by atoms with Gasteiger partial charge in [0, 0.05) is 18.6 Å². The fraction of sp³-hybridized carbons (Fsp3) is 0.933. The van der Waals surface area contributed by atoms with Gasteiger partial charge in [0.2, 0.25) is 0 Å². The summed E-state index contributed by atoms with van der Waals surface area (Å²) in [5.41, 5.74) is 0. The molecule has 1 rings (SSSR count). The van der Waals surface area contributed by atoms with E-state index >= 15 is 0 Å². The van der Waals surface area contributed by atoms with Gasteiger partial charge in [0.05, 0.1) is 13.0 Å². The third kappa shape index (κ3) is 6.39. The molecule has 0 aromatic rings. The Bertz CT molecular complexity index is 253. The van der Waals surface area contributed by atoms with Gasteiger partial charge in [-0.05, 0) is 46.2 Å². The minimum absolute atomic E-state index is 0.0733. The van der Waals surface area contributed by atoms with Gasteiger partial charge in [0.25, 0.3) is 0 Å². The molecule has 0 saturated carbocycles. The average molecular weight is 270 g/mol. The average Bonchev–Trinajstić information content (AvgIpc) is 2.87. The standard InChI is InChI=1S/C15H30N2O2/c1-4-6-10-17(12-14-8-7-9-16-14)13(3)11-15(18)19-5-2/h13-14,16H,4-12H2,1-3H3. The van der Waals surface area contributed by atoms with E-state index < -0.39 is 0 Å². The molecule has 0 spiro atoms. The Labute approximate surface area is 117 Å². The van der Waals surface area contributed by atoms with Crippen molar-refractivity contribution < 1.29 is 9.53 Å². The van der Waals surface area contributed by atoms with Crippen LogP contribution in [0.1, 0.15) is 52.9 Å². The third-order valence-electron chi connectivity index (χ3n) is 3.81. The molecule has 1 aliphatic rings. The molecule has 112 valence electrons. The Morgan fingerprint density at radius 2 is 2.26 bits per heavy atom. The fourth-order valence-corrected chi connectivity index (χ4v) is 2.64. The molecule has 1 aliphatic heterocycles. The summed E-state index contributed by atoms with van der Waals surface area (Å²) in [5.74, 6) is -0.0733. The van der Waals surface area contributed by atoms with Gasteiger partial charge in [-0.25, -0.2) is 0 Å². The third-order valence-corrected chi connectivity index (χ3v) is 3.81. The van der Waals surface area contributed by atoms with E-state index in [9.17, 15) is 4.79 Å². The summed E-state index contributed by atoms with van der Waals surface area (Å²) in [4.78, 5) is 14.1. The molecule has 0 amide bonds. The second-order valence-corrected chi connectivity index (χ2v) is 5.50. The molecule has 0 bridgehead atoms. The molecule has 0 aromatic carbocycles. The van der Waals surface area contributed by atoms with Crippen molar-refractivity contribution in [2.45, 2.75) is 65.0 Å². The number of ether oxygens (including phenoxy) is 1. The first kappa shape index (κ1) is 16.4. The number of rotatable bonds is 9. The largest absolute Gasteiger partial charge is 0.466 e. The van der Waals surface area contributed by atoms with E-state index in [0.29, 0.717) is 19.1 Å². The highest BCUT2D eigenvalue weighted by Gasteiger charge is 2.22. The van der Waals surface area contributed by atoms with Crippen molar-refractivity contribution in [1.29, 1.82) is 0 Å². The first-order valence-electron chi connectivity index (χ1n) is 7.80. The van der Waals surface area contributed by atoms with Crippen molar-refractivity contribution in [3.8, 4) is 0 Å². The van der Waals surface area contributed by atoms with E-state index in [1.165, 1.54) is 25.7 Å². The summed E-state index contributed by atoms with van der Waals surface area (Å²) >= 11 is 0. The highest BCUT2D eigenvalue weighted by molar-refractivity contribution is 5.70. The second-order valence-electron chi connectivity index (χ2n) is 5.50. The smallest absolute Gasteiger partial charge is 0.307 e. The molecule has 1 fully saturated rings. The lowest BCUT2D eigenvalue weighted by molar-refractivity contribution is -0.144. The van der Waals surface area contributed by atoms with E-state index in [1.807, 2.05) is 6.92 Å². The predicted octanol–water partition coefficient (Wildman–Crippen LogP) is 2.18. The Hall–Kier alpha value is -0.610. The summed E-state index contributed by atoms with van der Waals surface area (Å²) in [6.45, 7) is 9.96. The van der Waals surface area contributed by atoms with Gasteiger partial charge in [-0.3, -0.25) is 9.69 Å². The van der Waals surface area contributed by atoms with Gasteiger partial charge >= 0.3 is 5.97 Å². The lowest BCUT2D eigenvalue weighted by atomic mass is 10.1. The van der Waals surface area contributed by atoms with Gasteiger partial charge in [0.15, 0.2) is 0 Å². The van der Waals surface area contributed by atoms with Crippen molar-refractivity contribution >= 4 is 5.97 Å². The maximum atomic E-state index is 11.6. The quantitative estimate of drug-likeness (QED) is 0.652. The molecular formula is C15H30N2O2. The summed E-state index contributed by atoms with van der Waals surface area (Å²) in [7, 11) is 0. The molecule has 0 aliphatic carbocycles. The Kier molecular flexibility index (Phi) is 8.07. The van der Waals surface area contributed by atoms with Crippen LogP contribution in [0.3, 0.4) is 0 Å². The van der Waals surface area contributed by atoms with Gasteiger partial charge in [-0.1, -0.05) is 13.3 Å². The minimum atomic E-state index is -0.0733. The van der Waals surface area contributed by atoms with Crippen LogP contribution in [-0.4, -0.2) is 49.2 Å². The molecule has 1 heterocycles. The fourth-order valence-electron chi connectivity index (χ4n) is 2.64. The first-order valence-corrected chi connectivity index (χ1v) is 7.80. The van der Waals surface area contributed by atoms with Crippen LogP contribution >= 0.6 is 0 Å². The Balaban J connectivity index is 2.43. The van der Waals surface area contributed by atoms with Crippen molar-refractivity contribution in [3.05, 3.63) is 0 Å². The molecule has 2 atom stereocenters. The molecule has 1 saturated heterocycles. The summed E-state index contributed by atoms with van der Waals surface area (Å²) in [5, 5.41) is 3.54. The molecule has 0 aromatic heterocycles. The Morgan fingerprint density at radius 1 is 1.47 bits per heavy atom. The maximum absolute atomic E-state index is 11.6. The highest BCUT2D eigenvalue weighted by atomic mass is 16.5. The summed E-state index contributed by atoms with van der Waals surface area (Å²) in [6.07, 6.45) is 5.43. The van der Waals surface area contributed by atoms with Crippen LogP contribution in [0.25, 0.3) is 0 Å². The highest BCUT2D eigenvalue weighted by Crippen LogP contribution is 2.12.